The lowest BCUT2D eigenvalue weighted by molar-refractivity contribution is 0.161. The predicted octanol–water partition coefficient (Wildman–Crippen LogP) is 2.26. The highest BCUT2D eigenvalue weighted by atomic mass is 32.1. The molecule has 1 aliphatic rings. The Labute approximate surface area is 122 Å². The smallest absolute Gasteiger partial charge is 0.147 e. The summed E-state index contributed by atoms with van der Waals surface area (Å²) >= 11 is 1.47. The Morgan fingerprint density at radius 2 is 2.45 bits per heavy atom. The molecular formula is C14H18N4OS. The summed E-state index contributed by atoms with van der Waals surface area (Å²) in [7, 11) is 1.76. The molecular weight excluding hydrogens is 272 g/mol. The van der Waals surface area contributed by atoms with E-state index in [0.29, 0.717) is 11.7 Å². The molecule has 20 heavy (non-hydrogen) atoms. The summed E-state index contributed by atoms with van der Waals surface area (Å²) in [6.45, 7) is 2.85. The number of hydrogen-bond acceptors (Lipinski definition) is 6. The summed E-state index contributed by atoms with van der Waals surface area (Å²) in [5.41, 5.74) is 8.10. The zero-order valence-corrected chi connectivity index (χ0v) is 12.3. The van der Waals surface area contributed by atoms with E-state index < -0.39 is 0 Å². The first-order valence-electron chi connectivity index (χ1n) is 6.69. The molecule has 2 N–H and O–H groups in total. The molecule has 0 saturated carbocycles. The standard InChI is InChI=1S/C14H18N4OS/c1-19-9-10-4-6-18(8-10)14-12(13(15)17-20-14)11-3-2-5-16-7-11/h2-3,5,7,10H,4,6,8-9H2,1H3,(H2,15,17). The zero-order chi connectivity index (χ0) is 13.9. The van der Waals surface area contributed by atoms with E-state index in [1.54, 1.807) is 13.3 Å². The van der Waals surface area contributed by atoms with Gasteiger partial charge in [0.1, 0.15) is 10.8 Å². The van der Waals surface area contributed by atoms with Gasteiger partial charge in [-0.1, -0.05) is 6.07 Å². The molecule has 0 aromatic carbocycles. The van der Waals surface area contributed by atoms with Crippen LogP contribution in [0, 0.1) is 5.92 Å². The molecule has 1 fully saturated rings. The van der Waals surface area contributed by atoms with Crippen molar-refractivity contribution in [2.24, 2.45) is 5.92 Å². The molecule has 1 unspecified atom stereocenters. The molecule has 3 heterocycles. The number of pyridine rings is 1. The summed E-state index contributed by atoms with van der Waals surface area (Å²) < 4.78 is 9.58. The van der Waals surface area contributed by atoms with E-state index in [1.165, 1.54) is 11.5 Å². The maximum atomic E-state index is 6.05. The normalized spacial score (nSPS) is 18.6. The van der Waals surface area contributed by atoms with Crippen LogP contribution in [0.15, 0.2) is 24.5 Å². The Balaban J connectivity index is 1.89. The van der Waals surface area contributed by atoms with E-state index in [4.69, 9.17) is 10.5 Å². The lowest BCUT2D eigenvalue weighted by Gasteiger charge is -2.18. The first-order valence-corrected chi connectivity index (χ1v) is 7.46. The van der Waals surface area contributed by atoms with Gasteiger partial charge < -0.3 is 15.4 Å². The van der Waals surface area contributed by atoms with Crippen molar-refractivity contribution in [3.05, 3.63) is 24.5 Å². The third-order valence-electron chi connectivity index (χ3n) is 3.63. The Bertz CT molecular complexity index is 572. The molecule has 0 radical (unpaired) electrons. The van der Waals surface area contributed by atoms with Gasteiger partial charge in [-0.25, -0.2) is 0 Å². The minimum Gasteiger partial charge on any atom is -0.384 e. The summed E-state index contributed by atoms with van der Waals surface area (Å²) in [4.78, 5) is 6.54. The van der Waals surface area contributed by atoms with Crippen LogP contribution in [-0.2, 0) is 4.74 Å². The lowest BCUT2D eigenvalue weighted by Crippen LogP contribution is -2.20. The van der Waals surface area contributed by atoms with Gasteiger partial charge in [0.25, 0.3) is 0 Å². The Morgan fingerprint density at radius 1 is 1.55 bits per heavy atom. The number of nitrogens with zero attached hydrogens (tertiary/aromatic N) is 3. The van der Waals surface area contributed by atoms with Gasteiger partial charge in [-0.15, -0.1) is 0 Å². The molecule has 1 aliphatic heterocycles. The highest BCUT2D eigenvalue weighted by molar-refractivity contribution is 7.11. The fourth-order valence-electron chi connectivity index (χ4n) is 2.68. The first kappa shape index (κ1) is 13.3. The highest BCUT2D eigenvalue weighted by Crippen LogP contribution is 2.40. The van der Waals surface area contributed by atoms with Gasteiger partial charge in [0.2, 0.25) is 0 Å². The van der Waals surface area contributed by atoms with Gasteiger partial charge in [-0.05, 0) is 24.0 Å². The number of ether oxygens (including phenoxy) is 1. The van der Waals surface area contributed by atoms with E-state index in [1.807, 2.05) is 18.3 Å². The van der Waals surface area contributed by atoms with Gasteiger partial charge in [0.15, 0.2) is 0 Å². The number of hydrogen-bond donors (Lipinski definition) is 1. The number of rotatable bonds is 4. The highest BCUT2D eigenvalue weighted by Gasteiger charge is 2.27. The first-order chi connectivity index (χ1) is 9.79. The fraction of sp³-hybridized carbons (Fsp3) is 0.429. The summed E-state index contributed by atoms with van der Waals surface area (Å²) in [5.74, 6) is 1.18. The van der Waals surface area contributed by atoms with E-state index in [9.17, 15) is 0 Å². The van der Waals surface area contributed by atoms with Gasteiger partial charge >= 0.3 is 0 Å². The monoisotopic (exact) mass is 290 g/mol. The quantitative estimate of drug-likeness (QED) is 0.935. The van der Waals surface area contributed by atoms with Gasteiger partial charge in [-0.3, -0.25) is 4.98 Å². The van der Waals surface area contributed by atoms with E-state index in [0.717, 1.165) is 42.2 Å². The van der Waals surface area contributed by atoms with Crippen LogP contribution in [0.3, 0.4) is 0 Å². The molecule has 0 aliphatic carbocycles. The lowest BCUT2D eigenvalue weighted by atomic mass is 10.1. The summed E-state index contributed by atoms with van der Waals surface area (Å²) in [6.07, 6.45) is 4.76. The average molecular weight is 290 g/mol. The second-order valence-corrected chi connectivity index (χ2v) is 5.80. The third kappa shape index (κ3) is 2.48. The Hall–Kier alpha value is -1.66. The molecule has 1 atom stereocenters. The van der Waals surface area contributed by atoms with Gasteiger partial charge in [0.05, 0.1) is 12.2 Å². The maximum Gasteiger partial charge on any atom is 0.147 e. The molecule has 3 rings (SSSR count). The molecule has 6 heteroatoms. The minimum atomic E-state index is 0.588. The topological polar surface area (TPSA) is 64.3 Å². The van der Waals surface area contributed by atoms with Crippen LogP contribution in [0.25, 0.3) is 11.1 Å². The molecule has 0 spiro atoms. The molecule has 0 bridgehead atoms. The van der Waals surface area contributed by atoms with Gasteiger partial charge in [0, 0.05) is 44.1 Å². The minimum absolute atomic E-state index is 0.588. The van der Waals surface area contributed by atoms with Crippen molar-refractivity contribution in [2.75, 3.05) is 37.4 Å². The van der Waals surface area contributed by atoms with Crippen LogP contribution in [0.1, 0.15) is 6.42 Å². The van der Waals surface area contributed by atoms with E-state index in [2.05, 4.69) is 14.3 Å². The molecule has 0 amide bonds. The Morgan fingerprint density at radius 3 is 3.20 bits per heavy atom. The average Bonchev–Trinajstić information content (AvgIpc) is 3.07. The Kier molecular flexibility index (Phi) is 3.84. The maximum absolute atomic E-state index is 6.05. The number of aromatic nitrogens is 2. The largest absolute Gasteiger partial charge is 0.384 e. The van der Waals surface area contributed by atoms with Crippen molar-refractivity contribution < 1.29 is 4.74 Å². The molecule has 5 nitrogen and oxygen atoms in total. The van der Waals surface area contributed by atoms with Crippen LogP contribution in [0.5, 0.6) is 0 Å². The second kappa shape index (κ2) is 5.76. The third-order valence-corrected chi connectivity index (χ3v) is 4.55. The number of methoxy groups -OCH3 is 1. The van der Waals surface area contributed by atoms with Crippen molar-refractivity contribution in [1.29, 1.82) is 0 Å². The summed E-state index contributed by atoms with van der Waals surface area (Å²) in [5, 5.41) is 1.15. The van der Waals surface area contributed by atoms with E-state index in [-0.39, 0.29) is 0 Å². The fourth-order valence-corrected chi connectivity index (χ4v) is 3.55. The predicted molar refractivity (Wildman–Crippen MR) is 82.0 cm³/mol. The van der Waals surface area contributed by atoms with E-state index >= 15 is 0 Å². The molecule has 2 aromatic rings. The number of anilines is 2. The molecule has 2 aromatic heterocycles. The van der Waals surface area contributed by atoms with Crippen molar-refractivity contribution in [3.8, 4) is 11.1 Å². The van der Waals surface area contributed by atoms with Crippen LogP contribution in [0.2, 0.25) is 0 Å². The van der Waals surface area contributed by atoms with Crippen LogP contribution >= 0.6 is 11.5 Å². The van der Waals surface area contributed by atoms with Crippen molar-refractivity contribution >= 4 is 22.4 Å². The number of nitrogens with two attached hydrogens (primary N) is 1. The SMILES string of the molecule is COCC1CCN(c2snc(N)c2-c2cccnc2)C1. The van der Waals surface area contributed by atoms with Crippen molar-refractivity contribution in [3.63, 3.8) is 0 Å². The molecule has 1 saturated heterocycles. The summed E-state index contributed by atoms with van der Waals surface area (Å²) in [6, 6.07) is 3.95. The van der Waals surface area contributed by atoms with Crippen molar-refractivity contribution in [2.45, 2.75) is 6.42 Å². The number of nitrogen functional groups attached to an aromatic ring is 1. The van der Waals surface area contributed by atoms with Crippen LogP contribution < -0.4 is 10.6 Å². The zero-order valence-electron chi connectivity index (χ0n) is 11.5. The van der Waals surface area contributed by atoms with Crippen molar-refractivity contribution in [1.82, 2.24) is 9.36 Å². The molecule has 106 valence electrons. The second-order valence-electron chi connectivity index (χ2n) is 5.05. The van der Waals surface area contributed by atoms with Gasteiger partial charge in [-0.2, -0.15) is 4.37 Å². The van der Waals surface area contributed by atoms with Crippen LogP contribution in [-0.4, -0.2) is 36.2 Å². The van der Waals surface area contributed by atoms with Crippen LogP contribution in [0.4, 0.5) is 10.8 Å².